The molecule has 0 saturated carbocycles. The molecule has 7 heteroatoms. The van der Waals surface area contributed by atoms with Crippen molar-refractivity contribution in [1.29, 1.82) is 0 Å². The molecule has 0 bridgehead atoms. The van der Waals surface area contributed by atoms with Crippen molar-refractivity contribution in [2.45, 2.75) is 6.92 Å². The lowest BCUT2D eigenvalue weighted by Gasteiger charge is -2.13. The summed E-state index contributed by atoms with van der Waals surface area (Å²) in [6.45, 7) is 2.00. The number of anilines is 1. The average molecular weight is 418 g/mol. The number of rotatable bonds is 2. The largest absolute Gasteiger partial charge is 0.287 e. The Morgan fingerprint density at radius 3 is 2.79 bits per heavy atom. The molecule has 0 aliphatic rings. The van der Waals surface area contributed by atoms with Gasteiger partial charge in [-0.1, -0.05) is 33.3 Å². The van der Waals surface area contributed by atoms with Gasteiger partial charge >= 0.3 is 0 Å². The monoisotopic (exact) mass is 417 g/mol. The maximum absolute atomic E-state index is 12.7. The number of amides is 1. The van der Waals surface area contributed by atoms with E-state index in [1.54, 1.807) is 29.4 Å². The summed E-state index contributed by atoms with van der Waals surface area (Å²) in [5.74, 6) is -0.0824. The lowest BCUT2D eigenvalue weighted by Crippen LogP contribution is -2.25. The first-order valence-electron chi connectivity index (χ1n) is 7.23. The lowest BCUT2D eigenvalue weighted by molar-refractivity contribution is 0.0993. The van der Waals surface area contributed by atoms with Crippen molar-refractivity contribution >= 4 is 70.1 Å². The van der Waals surface area contributed by atoms with Gasteiger partial charge in [0.25, 0.3) is 5.91 Å². The molecule has 2 aromatic heterocycles. The van der Waals surface area contributed by atoms with Gasteiger partial charge in [-0.2, -0.15) is 0 Å². The van der Waals surface area contributed by atoms with Crippen LogP contribution in [0.15, 0.2) is 40.9 Å². The Hall–Kier alpha value is -1.83. The van der Waals surface area contributed by atoms with Crippen molar-refractivity contribution in [3.8, 4) is 0 Å². The third kappa shape index (κ3) is 2.62. The quantitative estimate of drug-likeness (QED) is 0.447. The zero-order valence-electron chi connectivity index (χ0n) is 12.9. The van der Waals surface area contributed by atoms with E-state index in [1.165, 1.54) is 11.3 Å². The smallest absolute Gasteiger partial charge is 0.259 e. The number of halogens is 1. The van der Waals surface area contributed by atoms with E-state index in [0.717, 1.165) is 29.9 Å². The normalized spacial score (nSPS) is 11.3. The van der Waals surface area contributed by atoms with Gasteiger partial charge in [0, 0.05) is 17.1 Å². The van der Waals surface area contributed by atoms with Crippen LogP contribution in [0.5, 0.6) is 0 Å². The van der Waals surface area contributed by atoms with Crippen LogP contribution in [0.3, 0.4) is 0 Å². The molecule has 0 spiro atoms. The molecule has 0 aliphatic heterocycles. The van der Waals surface area contributed by atoms with Crippen molar-refractivity contribution in [3.63, 3.8) is 0 Å². The number of aryl methyl sites for hydroxylation is 1. The summed E-state index contributed by atoms with van der Waals surface area (Å²) in [6.07, 6.45) is 0. The molecule has 4 rings (SSSR count). The molecule has 0 unspecified atom stereocenters. The Balaban J connectivity index is 1.78. The van der Waals surface area contributed by atoms with Gasteiger partial charge in [0.2, 0.25) is 0 Å². The van der Waals surface area contributed by atoms with Gasteiger partial charge in [0.05, 0.1) is 19.9 Å². The predicted octanol–water partition coefficient (Wildman–Crippen LogP) is 5.25. The minimum absolute atomic E-state index is 0.0824. The molecule has 0 radical (unpaired) electrons. The Morgan fingerprint density at radius 2 is 2.00 bits per heavy atom. The average Bonchev–Trinajstić information content (AvgIpc) is 3.15. The van der Waals surface area contributed by atoms with Gasteiger partial charge in [-0.05, 0) is 37.3 Å². The summed E-state index contributed by atoms with van der Waals surface area (Å²) < 4.78 is 3.06. The Bertz CT molecular complexity index is 1090. The van der Waals surface area contributed by atoms with Crippen LogP contribution in [0.1, 0.15) is 15.4 Å². The Kier molecular flexibility index (Phi) is 3.86. The highest BCUT2D eigenvalue weighted by Gasteiger charge is 2.19. The number of fused-ring (bicyclic) bond motifs is 3. The number of aromatic nitrogens is 2. The van der Waals surface area contributed by atoms with Gasteiger partial charge in [-0.25, -0.2) is 9.97 Å². The zero-order chi connectivity index (χ0) is 16.8. The van der Waals surface area contributed by atoms with Crippen LogP contribution in [-0.4, -0.2) is 22.9 Å². The van der Waals surface area contributed by atoms with E-state index in [2.05, 4.69) is 25.9 Å². The molecule has 1 amide bonds. The van der Waals surface area contributed by atoms with Crippen LogP contribution in [-0.2, 0) is 0 Å². The molecular weight excluding hydrogens is 406 g/mol. The fourth-order valence-corrected chi connectivity index (χ4v) is 4.84. The summed E-state index contributed by atoms with van der Waals surface area (Å²) in [6, 6.07) is 11.4. The fourth-order valence-electron chi connectivity index (χ4n) is 2.52. The molecule has 4 nitrogen and oxygen atoms in total. The summed E-state index contributed by atoms with van der Waals surface area (Å²) in [4.78, 5) is 23.5. The second-order valence-electron chi connectivity index (χ2n) is 5.36. The molecule has 0 saturated heterocycles. The molecule has 0 aliphatic carbocycles. The maximum Gasteiger partial charge on any atom is 0.259 e. The molecule has 120 valence electrons. The van der Waals surface area contributed by atoms with Crippen LogP contribution in [0.25, 0.3) is 20.4 Å². The lowest BCUT2D eigenvalue weighted by atomic mass is 10.2. The third-order valence-electron chi connectivity index (χ3n) is 3.67. The summed E-state index contributed by atoms with van der Waals surface area (Å²) in [5, 5.41) is 1.71. The van der Waals surface area contributed by atoms with E-state index < -0.39 is 0 Å². The van der Waals surface area contributed by atoms with Crippen LogP contribution in [0, 0.1) is 6.92 Å². The van der Waals surface area contributed by atoms with E-state index in [4.69, 9.17) is 0 Å². The molecule has 0 fully saturated rings. The van der Waals surface area contributed by atoms with E-state index in [-0.39, 0.29) is 5.91 Å². The number of hydrogen-bond donors (Lipinski definition) is 0. The van der Waals surface area contributed by atoms with Gasteiger partial charge in [0.15, 0.2) is 5.13 Å². The zero-order valence-corrected chi connectivity index (χ0v) is 16.1. The number of benzene rings is 2. The standard InChI is InChI=1S/C17H12BrN3OS2/c1-9-19-14-13(23-9)7-6-12-15(14)24-17(20-12)21(2)16(22)10-4-3-5-11(18)8-10/h3-8H,1-2H3. The van der Waals surface area contributed by atoms with Gasteiger partial charge < -0.3 is 0 Å². The first-order chi connectivity index (χ1) is 11.5. The van der Waals surface area contributed by atoms with Gasteiger partial charge in [0.1, 0.15) is 5.52 Å². The first-order valence-corrected chi connectivity index (χ1v) is 9.66. The van der Waals surface area contributed by atoms with Crippen LogP contribution in [0.2, 0.25) is 0 Å². The van der Waals surface area contributed by atoms with E-state index >= 15 is 0 Å². The Morgan fingerprint density at radius 1 is 1.17 bits per heavy atom. The maximum atomic E-state index is 12.7. The summed E-state index contributed by atoms with van der Waals surface area (Å²) in [7, 11) is 1.75. The van der Waals surface area contributed by atoms with Crippen LogP contribution in [0.4, 0.5) is 5.13 Å². The van der Waals surface area contributed by atoms with E-state index in [0.29, 0.717) is 10.7 Å². The van der Waals surface area contributed by atoms with Gasteiger partial charge in [-0.3, -0.25) is 9.69 Å². The second-order valence-corrected chi connectivity index (χ2v) is 8.49. The van der Waals surface area contributed by atoms with Crippen LogP contribution >= 0.6 is 38.6 Å². The molecule has 0 atom stereocenters. The summed E-state index contributed by atoms with van der Waals surface area (Å²) in [5.41, 5.74) is 2.48. The third-order valence-corrected chi connectivity index (χ3v) is 6.26. The summed E-state index contributed by atoms with van der Waals surface area (Å²) >= 11 is 6.58. The van der Waals surface area contributed by atoms with Crippen LogP contribution < -0.4 is 4.90 Å². The molecule has 4 aromatic rings. The topological polar surface area (TPSA) is 46.1 Å². The first kappa shape index (κ1) is 15.7. The van der Waals surface area contributed by atoms with Crippen molar-refractivity contribution in [1.82, 2.24) is 9.97 Å². The minimum atomic E-state index is -0.0824. The molecule has 2 aromatic carbocycles. The van der Waals surface area contributed by atoms with E-state index in [9.17, 15) is 4.79 Å². The molecular formula is C17H12BrN3OS2. The molecule has 0 N–H and O–H groups in total. The number of carbonyl (C=O) groups is 1. The number of thiazole rings is 2. The van der Waals surface area contributed by atoms with Crippen molar-refractivity contribution in [3.05, 3.63) is 51.4 Å². The van der Waals surface area contributed by atoms with Gasteiger partial charge in [-0.15, -0.1) is 11.3 Å². The fraction of sp³-hybridized carbons (Fsp3) is 0.118. The highest BCUT2D eigenvalue weighted by atomic mass is 79.9. The molecule has 24 heavy (non-hydrogen) atoms. The van der Waals surface area contributed by atoms with E-state index in [1.807, 2.05) is 37.3 Å². The minimum Gasteiger partial charge on any atom is -0.287 e. The molecule has 2 heterocycles. The van der Waals surface area contributed by atoms with Crippen molar-refractivity contribution in [2.24, 2.45) is 0 Å². The number of hydrogen-bond acceptors (Lipinski definition) is 5. The highest BCUT2D eigenvalue weighted by Crippen LogP contribution is 2.36. The number of nitrogens with zero attached hydrogens (tertiary/aromatic N) is 3. The predicted molar refractivity (Wildman–Crippen MR) is 104 cm³/mol. The second kappa shape index (κ2) is 5.91. The van der Waals surface area contributed by atoms with Crippen molar-refractivity contribution < 1.29 is 4.79 Å². The Labute approximate surface area is 154 Å². The van der Waals surface area contributed by atoms with Crippen molar-refractivity contribution in [2.75, 3.05) is 11.9 Å². The highest BCUT2D eigenvalue weighted by molar-refractivity contribution is 9.10. The SMILES string of the molecule is Cc1nc2c(ccc3nc(N(C)C(=O)c4cccc(Br)c4)sc32)s1. The number of carbonyl (C=O) groups excluding carboxylic acids is 1.